The van der Waals surface area contributed by atoms with Crippen molar-refractivity contribution in [3.8, 4) is 0 Å². The second kappa shape index (κ2) is 25.2. The third-order valence-corrected chi connectivity index (χ3v) is 21.5. The number of aliphatic hydroxyl groups is 15. The Kier molecular flexibility index (Phi) is 19.6. The van der Waals surface area contributed by atoms with Crippen LogP contribution in [0, 0.1) is 46.3 Å². The van der Waals surface area contributed by atoms with E-state index in [1.54, 1.807) is 0 Å². The van der Waals surface area contributed by atoms with Crippen molar-refractivity contribution in [2.24, 2.45) is 46.3 Å². The van der Waals surface area contributed by atoms with Crippen molar-refractivity contribution in [3.05, 3.63) is 11.6 Å². The van der Waals surface area contributed by atoms with E-state index in [0.29, 0.717) is 43.4 Å². The van der Waals surface area contributed by atoms with Crippen molar-refractivity contribution in [2.75, 3.05) is 19.8 Å². The zero-order valence-electron chi connectivity index (χ0n) is 48.3. The van der Waals surface area contributed by atoms with Crippen LogP contribution in [0.4, 0.5) is 0 Å². The molecule has 0 aromatic heterocycles. The van der Waals surface area contributed by atoms with Gasteiger partial charge in [0.15, 0.2) is 37.2 Å². The van der Waals surface area contributed by atoms with Crippen LogP contribution in [0.15, 0.2) is 11.6 Å². The summed E-state index contributed by atoms with van der Waals surface area (Å²) in [6.07, 6.45) is -29.1. The number of allylic oxidation sites excluding steroid dienone is 1. The van der Waals surface area contributed by atoms with Gasteiger partial charge in [-0.25, -0.2) is 0 Å². The van der Waals surface area contributed by atoms with Crippen LogP contribution in [0.3, 0.4) is 0 Å². The summed E-state index contributed by atoms with van der Waals surface area (Å²) in [5.41, 5.74) is 1.07. The first kappa shape index (κ1) is 64.7. The first-order chi connectivity index (χ1) is 39.1. The molecule has 36 atom stereocenters. The van der Waals surface area contributed by atoms with Gasteiger partial charge in [0.1, 0.15) is 104 Å². The summed E-state index contributed by atoms with van der Waals surface area (Å²) in [4.78, 5) is 0. The van der Waals surface area contributed by atoms with Crippen molar-refractivity contribution in [1.29, 1.82) is 0 Å². The Morgan fingerprint density at radius 2 is 1.12 bits per heavy atom. The van der Waals surface area contributed by atoms with Crippen LogP contribution in [-0.2, 0) is 52.1 Å². The Morgan fingerprint density at radius 3 is 1.77 bits per heavy atom. The number of ether oxygens (including phenoxy) is 11. The van der Waals surface area contributed by atoms with Crippen molar-refractivity contribution in [1.82, 2.24) is 0 Å². The fourth-order valence-corrected chi connectivity index (χ4v) is 16.2. The second-order valence-corrected chi connectivity index (χ2v) is 26.6. The number of hydrogen-bond acceptors (Lipinski definition) is 26. The van der Waals surface area contributed by atoms with Gasteiger partial charge in [0, 0.05) is 12.3 Å². The van der Waals surface area contributed by atoms with Crippen LogP contribution in [0.2, 0.25) is 0 Å². The Bertz CT molecular complexity index is 2200. The van der Waals surface area contributed by atoms with Gasteiger partial charge < -0.3 is 129 Å². The van der Waals surface area contributed by atoms with Gasteiger partial charge in [-0.3, -0.25) is 0 Å². The largest absolute Gasteiger partial charge is 0.394 e. The molecule has 36 unspecified atom stereocenters. The zero-order chi connectivity index (χ0) is 60.1. The molecule has 3 saturated carbocycles. The Morgan fingerprint density at radius 1 is 0.578 bits per heavy atom. The molecule has 478 valence electrons. The van der Waals surface area contributed by atoms with Crippen LogP contribution in [0.5, 0.6) is 0 Å². The van der Waals surface area contributed by atoms with Crippen molar-refractivity contribution >= 4 is 0 Å². The molecule has 4 aliphatic carbocycles. The maximum absolute atomic E-state index is 12.1. The molecule has 0 amide bonds. The van der Waals surface area contributed by atoms with Crippen LogP contribution < -0.4 is 0 Å². The Balaban J connectivity index is 0.743. The number of rotatable bonds is 16. The SMILES string of the molecule is CC(CCC1(O)OC2CC3C4CC=C5CC(OC6OC(COC7OC(C)C(O)C(O)C7OC7OC(C)C(O)C(O)C7OC7OC(C)C(O)C(O)C7O)C(O)C(O)C6O)CCC5(C)C4CCC3(C)C2C1C)COC1OC(CO)C(O)C(O)C1O. The van der Waals surface area contributed by atoms with E-state index in [9.17, 15) is 76.6 Å². The van der Waals surface area contributed by atoms with Gasteiger partial charge >= 0.3 is 0 Å². The molecular weight excluding hydrogens is 1100 g/mol. The lowest BCUT2D eigenvalue weighted by molar-refractivity contribution is -0.391. The lowest BCUT2D eigenvalue weighted by atomic mass is 9.47. The third kappa shape index (κ3) is 11.9. The van der Waals surface area contributed by atoms with Gasteiger partial charge in [-0.05, 0) is 113 Å². The van der Waals surface area contributed by atoms with Gasteiger partial charge in [0.2, 0.25) is 0 Å². The lowest BCUT2D eigenvalue weighted by Gasteiger charge is -2.58. The van der Waals surface area contributed by atoms with Gasteiger partial charge in [0.25, 0.3) is 0 Å². The predicted octanol–water partition coefficient (Wildman–Crippen LogP) is -3.13. The molecule has 0 aromatic rings. The quantitative estimate of drug-likeness (QED) is 0.0680. The van der Waals surface area contributed by atoms with Gasteiger partial charge in [-0.1, -0.05) is 39.3 Å². The summed E-state index contributed by atoms with van der Waals surface area (Å²) in [6, 6.07) is 0. The molecule has 15 N–H and O–H groups in total. The lowest BCUT2D eigenvalue weighted by Crippen LogP contribution is -2.66. The van der Waals surface area contributed by atoms with Crippen molar-refractivity contribution in [3.63, 3.8) is 0 Å². The van der Waals surface area contributed by atoms with Crippen molar-refractivity contribution in [2.45, 2.75) is 278 Å². The topological polar surface area (TPSA) is 405 Å². The monoisotopic (exact) mass is 1190 g/mol. The molecule has 9 fully saturated rings. The van der Waals surface area contributed by atoms with E-state index in [1.807, 2.05) is 6.92 Å². The zero-order valence-corrected chi connectivity index (χ0v) is 48.3. The van der Waals surface area contributed by atoms with E-state index in [-0.39, 0.29) is 41.3 Å². The minimum absolute atomic E-state index is 0.0620. The molecule has 10 aliphatic rings. The standard InChI is InChI=1S/C57H94O26/c1-21(19-73-50-45(69)41(65)38(62)32(18-58)79-50)10-15-57(72)22(2)34-31(83-57)17-30-28-9-8-26-16-27(11-13-55(26,6)29(28)12-14-56(30,34)7)78-52-47(71)42(66)39(63)33(80-52)20-74-53-48(43(67)36(60)24(4)76-53)82-54-49(44(68)37(61)25(5)77-54)81-51-46(70)40(64)35(59)23(3)75-51/h8,21-25,27-54,58-72H,9-20H2,1-7H3. The van der Waals surface area contributed by atoms with E-state index < -0.39 is 179 Å². The fourth-order valence-electron chi connectivity index (χ4n) is 16.2. The van der Waals surface area contributed by atoms with Gasteiger partial charge in [0.05, 0.1) is 50.3 Å². The average Bonchev–Trinajstić information content (AvgIpc) is 1.70. The summed E-state index contributed by atoms with van der Waals surface area (Å²) >= 11 is 0. The molecule has 0 aromatic carbocycles. The smallest absolute Gasteiger partial charge is 0.187 e. The highest BCUT2D eigenvalue weighted by atomic mass is 16.8. The molecule has 0 spiro atoms. The molecular formula is C57H94O26. The molecule has 10 rings (SSSR count). The van der Waals surface area contributed by atoms with Crippen LogP contribution in [0.25, 0.3) is 0 Å². The highest BCUT2D eigenvalue weighted by Crippen LogP contribution is 2.70. The van der Waals surface area contributed by atoms with E-state index >= 15 is 0 Å². The average molecular weight is 1200 g/mol. The molecule has 6 saturated heterocycles. The molecule has 83 heavy (non-hydrogen) atoms. The highest BCUT2D eigenvalue weighted by molar-refractivity contribution is 5.26. The van der Waals surface area contributed by atoms with Crippen LogP contribution in [0.1, 0.15) is 106 Å². The van der Waals surface area contributed by atoms with Gasteiger partial charge in [-0.15, -0.1) is 0 Å². The summed E-state index contributed by atoms with van der Waals surface area (Å²) in [5, 5.41) is 162. The van der Waals surface area contributed by atoms with Crippen LogP contribution in [-0.4, -0.2) is 268 Å². The van der Waals surface area contributed by atoms with E-state index in [4.69, 9.17) is 52.1 Å². The normalized spacial score (nSPS) is 55.9. The minimum Gasteiger partial charge on any atom is -0.394 e. The fraction of sp³-hybridized carbons (Fsp3) is 0.965. The molecule has 0 bridgehead atoms. The summed E-state index contributed by atoms with van der Waals surface area (Å²) in [7, 11) is 0. The number of fused-ring (bicyclic) bond motifs is 7. The molecule has 26 heteroatoms. The summed E-state index contributed by atoms with van der Waals surface area (Å²) in [6.45, 7) is 12.2. The van der Waals surface area contributed by atoms with E-state index in [1.165, 1.54) is 26.3 Å². The molecule has 6 aliphatic heterocycles. The summed E-state index contributed by atoms with van der Waals surface area (Å²) in [5.74, 6) is -0.252. The van der Waals surface area contributed by atoms with E-state index in [2.05, 4.69) is 26.8 Å². The predicted molar refractivity (Wildman–Crippen MR) is 280 cm³/mol. The maximum atomic E-state index is 12.1. The number of aliphatic hydroxyl groups excluding tert-OH is 14. The molecule has 0 radical (unpaired) electrons. The number of hydrogen-bond donors (Lipinski definition) is 15. The molecule has 26 nitrogen and oxygen atoms in total. The van der Waals surface area contributed by atoms with Gasteiger partial charge in [-0.2, -0.15) is 0 Å². The first-order valence-electron chi connectivity index (χ1n) is 30.1. The van der Waals surface area contributed by atoms with Crippen molar-refractivity contribution < 1.29 is 129 Å². The third-order valence-electron chi connectivity index (χ3n) is 21.5. The first-order valence-corrected chi connectivity index (χ1v) is 30.1. The molecule has 6 heterocycles. The minimum atomic E-state index is -1.81. The van der Waals surface area contributed by atoms with E-state index in [0.717, 1.165) is 32.1 Å². The highest BCUT2D eigenvalue weighted by Gasteiger charge is 2.68. The van der Waals surface area contributed by atoms with Crippen LogP contribution >= 0.6 is 0 Å². The maximum Gasteiger partial charge on any atom is 0.187 e. The Labute approximate surface area is 483 Å². The summed E-state index contributed by atoms with van der Waals surface area (Å²) < 4.78 is 66.2. The Hall–Kier alpha value is -1.30. The second-order valence-electron chi connectivity index (χ2n) is 26.6.